The molecule has 5 nitrogen and oxygen atoms in total. The second kappa shape index (κ2) is 6.34. The van der Waals surface area contributed by atoms with Gasteiger partial charge in [-0.2, -0.15) is 5.10 Å². The average Bonchev–Trinajstić information content (AvgIpc) is 2.90. The zero-order chi connectivity index (χ0) is 16.4. The molecule has 1 aliphatic rings. The lowest BCUT2D eigenvalue weighted by atomic mass is 9.94. The first kappa shape index (κ1) is 16.0. The largest absolute Gasteiger partial charge is 0.379 e. The van der Waals surface area contributed by atoms with Gasteiger partial charge in [0.15, 0.2) is 0 Å². The summed E-state index contributed by atoms with van der Waals surface area (Å²) in [6, 6.07) is 7.43. The van der Waals surface area contributed by atoms with E-state index >= 15 is 0 Å². The van der Waals surface area contributed by atoms with E-state index in [1.807, 2.05) is 32.0 Å². The number of halogens is 1. The third-order valence-electron chi connectivity index (χ3n) is 4.19. The number of nitrogens with one attached hydrogen (secondary N) is 1. The van der Waals surface area contributed by atoms with E-state index in [-0.39, 0.29) is 11.4 Å². The second-order valence-corrected chi connectivity index (χ2v) is 6.58. The minimum Gasteiger partial charge on any atom is -0.379 e. The standard InChI is InChI=1S/C17H20ClN3O2/c1-12-13(16(22)20-17(2)8-5-9-23-11-17)10-19-21(12)15-7-4-3-6-14(15)18/h3-4,6-7,10H,5,8-9,11H2,1-2H3,(H,20,22). The number of ether oxygens (including phenoxy) is 1. The maximum absolute atomic E-state index is 12.6. The summed E-state index contributed by atoms with van der Waals surface area (Å²) in [4.78, 5) is 12.6. The van der Waals surface area contributed by atoms with E-state index in [0.717, 1.165) is 30.8 Å². The van der Waals surface area contributed by atoms with Crippen molar-refractivity contribution in [2.24, 2.45) is 0 Å². The van der Waals surface area contributed by atoms with Crippen LogP contribution < -0.4 is 5.32 Å². The number of carbonyl (C=O) groups is 1. The lowest BCUT2D eigenvalue weighted by Gasteiger charge is -2.34. The lowest BCUT2D eigenvalue weighted by Crippen LogP contribution is -2.51. The van der Waals surface area contributed by atoms with E-state index in [2.05, 4.69) is 10.4 Å². The predicted octanol–water partition coefficient (Wildman–Crippen LogP) is 3.13. The molecule has 1 fully saturated rings. The summed E-state index contributed by atoms with van der Waals surface area (Å²) in [7, 11) is 0. The van der Waals surface area contributed by atoms with E-state index in [1.54, 1.807) is 16.9 Å². The summed E-state index contributed by atoms with van der Waals surface area (Å²) in [6.07, 6.45) is 3.45. The average molecular weight is 334 g/mol. The fourth-order valence-corrected chi connectivity index (χ4v) is 3.09. The van der Waals surface area contributed by atoms with E-state index in [0.29, 0.717) is 17.2 Å². The summed E-state index contributed by atoms with van der Waals surface area (Å²) < 4.78 is 7.18. The molecule has 1 saturated heterocycles. The van der Waals surface area contributed by atoms with Crippen LogP contribution in [0.5, 0.6) is 0 Å². The maximum Gasteiger partial charge on any atom is 0.255 e. The van der Waals surface area contributed by atoms with Crippen LogP contribution in [0.25, 0.3) is 5.69 Å². The van der Waals surface area contributed by atoms with Crippen molar-refractivity contribution in [3.05, 3.63) is 46.7 Å². The Morgan fingerprint density at radius 2 is 2.22 bits per heavy atom. The van der Waals surface area contributed by atoms with E-state index < -0.39 is 0 Å². The van der Waals surface area contributed by atoms with Gasteiger partial charge in [-0.25, -0.2) is 4.68 Å². The molecule has 3 rings (SSSR count). The molecule has 23 heavy (non-hydrogen) atoms. The highest BCUT2D eigenvalue weighted by atomic mass is 35.5. The van der Waals surface area contributed by atoms with Gasteiger partial charge in [-0.1, -0.05) is 23.7 Å². The van der Waals surface area contributed by atoms with Crippen molar-refractivity contribution in [1.29, 1.82) is 0 Å². The molecule has 0 bridgehead atoms. The van der Waals surface area contributed by atoms with Gasteiger partial charge in [0.25, 0.3) is 5.91 Å². The number of benzene rings is 1. The molecule has 2 heterocycles. The van der Waals surface area contributed by atoms with Crippen molar-refractivity contribution < 1.29 is 9.53 Å². The van der Waals surface area contributed by atoms with Gasteiger partial charge in [-0.3, -0.25) is 4.79 Å². The molecule has 0 radical (unpaired) electrons. The Kier molecular flexibility index (Phi) is 4.41. The first-order valence-corrected chi connectivity index (χ1v) is 8.08. The zero-order valence-corrected chi connectivity index (χ0v) is 14.1. The molecule has 2 aromatic rings. The molecular weight excluding hydrogens is 314 g/mol. The van der Waals surface area contributed by atoms with Crippen LogP contribution in [0.15, 0.2) is 30.5 Å². The predicted molar refractivity (Wildman–Crippen MR) is 89.2 cm³/mol. The lowest BCUT2D eigenvalue weighted by molar-refractivity contribution is 0.0272. The quantitative estimate of drug-likeness (QED) is 0.938. The first-order valence-electron chi connectivity index (χ1n) is 7.70. The normalized spacial score (nSPS) is 21.2. The van der Waals surface area contributed by atoms with Crippen LogP contribution in [0.4, 0.5) is 0 Å². The van der Waals surface area contributed by atoms with Crippen LogP contribution in [0.2, 0.25) is 5.02 Å². The van der Waals surface area contributed by atoms with Gasteiger partial charge in [-0.15, -0.1) is 0 Å². The van der Waals surface area contributed by atoms with Gasteiger partial charge in [-0.05, 0) is 38.8 Å². The Morgan fingerprint density at radius 3 is 2.91 bits per heavy atom. The summed E-state index contributed by atoms with van der Waals surface area (Å²) in [5.74, 6) is -0.131. The highest BCUT2D eigenvalue weighted by Crippen LogP contribution is 2.23. The summed E-state index contributed by atoms with van der Waals surface area (Å²) >= 11 is 6.22. The topological polar surface area (TPSA) is 56.1 Å². The Labute approximate surface area is 140 Å². The first-order chi connectivity index (χ1) is 11.0. The van der Waals surface area contributed by atoms with Gasteiger partial charge in [0.05, 0.1) is 40.3 Å². The van der Waals surface area contributed by atoms with Gasteiger partial charge < -0.3 is 10.1 Å². The highest BCUT2D eigenvalue weighted by Gasteiger charge is 2.30. The second-order valence-electron chi connectivity index (χ2n) is 6.18. The number of rotatable bonds is 3. The van der Waals surface area contributed by atoms with Gasteiger partial charge in [0.1, 0.15) is 0 Å². The number of hydrogen-bond donors (Lipinski definition) is 1. The third kappa shape index (κ3) is 3.26. The SMILES string of the molecule is Cc1c(C(=O)NC2(C)CCCOC2)cnn1-c1ccccc1Cl. The number of amides is 1. The number of hydrogen-bond acceptors (Lipinski definition) is 3. The molecule has 6 heteroatoms. The number of aromatic nitrogens is 2. The Bertz CT molecular complexity index is 720. The minimum absolute atomic E-state index is 0.131. The molecule has 1 unspecified atom stereocenters. The number of carbonyl (C=O) groups excluding carboxylic acids is 1. The minimum atomic E-state index is -0.325. The fourth-order valence-electron chi connectivity index (χ4n) is 2.87. The Balaban J connectivity index is 1.84. The van der Waals surface area contributed by atoms with Gasteiger partial charge in [0, 0.05) is 6.61 Å². The molecule has 1 aromatic carbocycles. The van der Waals surface area contributed by atoms with E-state index in [1.165, 1.54) is 0 Å². The van der Waals surface area contributed by atoms with Crippen LogP contribution in [0.1, 0.15) is 35.8 Å². The Hall–Kier alpha value is -1.85. The van der Waals surface area contributed by atoms with Crippen molar-refractivity contribution in [3.8, 4) is 5.69 Å². The van der Waals surface area contributed by atoms with Crippen molar-refractivity contribution in [2.45, 2.75) is 32.2 Å². The third-order valence-corrected chi connectivity index (χ3v) is 4.51. The highest BCUT2D eigenvalue weighted by molar-refractivity contribution is 6.32. The van der Waals surface area contributed by atoms with Crippen LogP contribution in [-0.2, 0) is 4.74 Å². The van der Waals surface area contributed by atoms with Crippen LogP contribution >= 0.6 is 11.6 Å². The van der Waals surface area contributed by atoms with Crippen molar-refractivity contribution >= 4 is 17.5 Å². The smallest absolute Gasteiger partial charge is 0.255 e. The molecule has 1 aliphatic heterocycles. The number of para-hydroxylation sites is 1. The van der Waals surface area contributed by atoms with E-state index in [9.17, 15) is 4.79 Å². The molecule has 1 N–H and O–H groups in total. The Morgan fingerprint density at radius 1 is 1.43 bits per heavy atom. The number of nitrogens with zero attached hydrogens (tertiary/aromatic N) is 2. The molecular formula is C17H20ClN3O2. The molecule has 1 aromatic heterocycles. The van der Waals surface area contributed by atoms with Crippen molar-refractivity contribution in [1.82, 2.24) is 15.1 Å². The molecule has 122 valence electrons. The molecule has 0 spiro atoms. The van der Waals surface area contributed by atoms with E-state index in [4.69, 9.17) is 16.3 Å². The molecule has 0 aliphatic carbocycles. The summed E-state index contributed by atoms with van der Waals surface area (Å²) in [6.45, 7) is 5.17. The zero-order valence-electron chi connectivity index (χ0n) is 13.3. The summed E-state index contributed by atoms with van der Waals surface area (Å²) in [5, 5.41) is 8.00. The molecule has 1 atom stereocenters. The molecule has 0 saturated carbocycles. The van der Waals surface area contributed by atoms with Crippen molar-refractivity contribution in [2.75, 3.05) is 13.2 Å². The van der Waals surface area contributed by atoms with Crippen LogP contribution in [-0.4, -0.2) is 34.4 Å². The maximum atomic E-state index is 12.6. The summed E-state index contributed by atoms with van der Waals surface area (Å²) in [5.41, 5.74) is 1.75. The van der Waals surface area contributed by atoms with Crippen molar-refractivity contribution in [3.63, 3.8) is 0 Å². The van der Waals surface area contributed by atoms with Crippen LogP contribution in [0, 0.1) is 6.92 Å². The van der Waals surface area contributed by atoms with Gasteiger partial charge >= 0.3 is 0 Å². The fraction of sp³-hybridized carbons (Fsp3) is 0.412. The monoisotopic (exact) mass is 333 g/mol. The van der Waals surface area contributed by atoms with Crippen LogP contribution in [0.3, 0.4) is 0 Å². The van der Waals surface area contributed by atoms with Gasteiger partial charge in [0.2, 0.25) is 0 Å². The molecule has 1 amide bonds.